The molecule has 3 heterocycles. The number of aryl methyl sites for hydroxylation is 2. The first-order chi connectivity index (χ1) is 12.3. The molecule has 3 rings (SSSR count). The molecule has 1 saturated heterocycles. The predicted octanol–water partition coefficient (Wildman–Crippen LogP) is 4.18. The number of aromatic nitrogens is 1. The molecule has 9 heteroatoms. The Labute approximate surface area is 169 Å². The number of nitrogens with zero attached hydrogens (tertiary/aromatic N) is 3. The molecule has 1 aliphatic rings. The minimum absolute atomic E-state index is 0.228. The molecule has 2 atom stereocenters. The lowest BCUT2D eigenvalue weighted by molar-refractivity contribution is -0.153. The zero-order valence-electron chi connectivity index (χ0n) is 15.0. The molecule has 26 heavy (non-hydrogen) atoms. The molecular weight excluding hydrogens is 438 g/mol. The molecule has 1 aliphatic heterocycles. The van der Waals surface area contributed by atoms with Crippen LogP contribution in [0, 0.1) is 19.1 Å². The van der Waals surface area contributed by atoms with Crippen LogP contribution in [0.4, 0.5) is 5.13 Å². The highest BCUT2D eigenvalue weighted by atomic mass is 79.9. The van der Waals surface area contributed by atoms with Gasteiger partial charge >= 0.3 is 5.97 Å². The topological polar surface area (TPSA) is 65.5 Å². The summed E-state index contributed by atoms with van der Waals surface area (Å²) in [4.78, 5) is 19.7. The Kier molecular flexibility index (Phi) is 6.15. The van der Waals surface area contributed by atoms with Crippen LogP contribution in [0.2, 0.25) is 0 Å². The second-order valence-electron chi connectivity index (χ2n) is 6.69. The first-order valence-electron chi connectivity index (χ1n) is 8.42. The Morgan fingerprint density at radius 3 is 2.92 bits per heavy atom. The SMILES string of the molecule is Cc1csc(CCCC(=O)OC2CN(C)C[N+]2([O-])c2ncc(Br)s2)c1C. The molecule has 2 aromatic rings. The van der Waals surface area contributed by atoms with Gasteiger partial charge in [0.15, 0.2) is 0 Å². The number of quaternary nitrogens is 1. The summed E-state index contributed by atoms with van der Waals surface area (Å²) < 4.78 is 5.63. The molecule has 0 amide bonds. The Balaban J connectivity index is 1.58. The summed E-state index contributed by atoms with van der Waals surface area (Å²) in [6.45, 7) is 4.85. The van der Waals surface area contributed by atoms with E-state index in [-0.39, 0.29) is 12.6 Å². The van der Waals surface area contributed by atoms with Crippen molar-refractivity contribution < 1.29 is 9.53 Å². The molecule has 0 bridgehead atoms. The van der Waals surface area contributed by atoms with E-state index in [1.54, 1.807) is 17.5 Å². The molecule has 6 nitrogen and oxygen atoms in total. The van der Waals surface area contributed by atoms with Crippen LogP contribution in [-0.4, -0.2) is 42.3 Å². The molecule has 2 unspecified atom stereocenters. The molecule has 0 radical (unpaired) electrons. The van der Waals surface area contributed by atoms with Crippen LogP contribution in [0.5, 0.6) is 0 Å². The van der Waals surface area contributed by atoms with Gasteiger partial charge in [-0.05, 0) is 77.5 Å². The first kappa shape index (κ1) is 19.9. The highest BCUT2D eigenvalue weighted by Gasteiger charge is 2.44. The Hall–Kier alpha value is -0.840. The van der Waals surface area contributed by atoms with Crippen LogP contribution in [0.25, 0.3) is 0 Å². The molecule has 0 N–H and O–H groups in total. The van der Waals surface area contributed by atoms with Crippen molar-refractivity contribution in [2.45, 2.75) is 39.3 Å². The monoisotopic (exact) mass is 459 g/mol. The number of thiazole rings is 1. The molecule has 0 aromatic carbocycles. The average molecular weight is 460 g/mol. The van der Waals surface area contributed by atoms with E-state index in [0.29, 0.717) is 18.1 Å². The van der Waals surface area contributed by atoms with Crippen molar-refractivity contribution in [2.75, 3.05) is 20.3 Å². The number of thiophene rings is 1. The second kappa shape index (κ2) is 8.04. The fourth-order valence-corrected chi connectivity index (χ4v) is 5.39. The Bertz CT molecular complexity index is 794. The maximum absolute atomic E-state index is 13.3. The highest BCUT2D eigenvalue weighted by Crippen LogP contribution is 2.36. The summed E-state index contributed by atoms with van der Waals surface area (Å²) >= 11 is 6.36. The summed E-state index contributed by atoms with van der Waals surface area (Å²) in [7, 11) is 1.85. The van der Waals surface area contributed by atoms with Crippen molar-refractivity contribution in [1.29, 1.82) is 0 Å². The minimum Gasteiger partial charge on any atom is -0.622 e. The molecule has 142 valence electrons. The first-order valence-corrected chi connectivity index (χ1v) is 10.9. The van der Waals surface area contributed by atoms with Gasteiger partial charge in [0.1, 0.15) is 6.67 Å². The van der Waals surface area contributed by atoms with Gasteiger partial charge in [-0.1, -0.05) is 0 Å². The molecule has 2 aromatic heterocycles. The standard InChI is InChI=1S/C17H22BrN3O3S2/c1-11-9-25-13(12(11)2)5-4-6-16(22)24-15-8-20(3)10-21(15,23)17-19-7-14(18)26-17/h7,9,15H,4-6,8,10H2,1-3H3. The maximum atomic E-state index is 13.3. The zero-order chi connectivity index (χ0) is 18.9. The van der Waals surface area contributed by atoms with Crippen molar-refractivity contribution in [3.8, 4) is 0 Å². The Morgan fingerprint density at radius 1 is 1.54 bits per heavy atom. The van der Waals surface area contributed by atoms with E-state index in [1.165, 1.54) is 27.3 Å². The molecule has 0 aliphatic carbocycles. The third kappa shape index (κ3) is 4.18. The second-order valence-corrected chi connectivity index (χ2v) is 10.0. The van der Waals surface area contributed by atoms with Gasteiger partial charge in [-0.3, -0.25) is 9.44 Å². The van der Waals surface area contributed by atoms with Crippen molar-refractivity contribution >= 4 is 49.7 Å². The number of esters is 1. The number of likely N-dealkylation sites (N-methyl/N-ethyl adjacent to an activating group) is 1. The lowest BCUT2D eigenvalue weighted by Crippen LogP contribution is -2.50. The number of halogens is 1. The van der Waals surface area contributed by atoms with E-state index in [2.05, 4.69) is 40.1 Å². The van der Waals surface area contributed by atoms with Gasteiger partial charge < -0.3 is 9.94 Å². The summed E-state index contributed by atoms with van der Waals surface area (Å²) in [5.41, 5.74) is 2.61. The van der Waals surface area contributed by atoms with E-state index in [4.69, 9.17) is 4.74 Å². The summed E-state index contributed by atoms with van der Waals surface area (Å²) in [6, 6.07) is 0. The molecule has 1 fully saturated rings. The molecule has 0 spiro atoms. The van der Waals surface area contributed by atoms with Gasteiger partial charge in [0, 0.05) is 11.3 Å². The van der Waals surface area contributed by atoms with Gasteiger partial charge in [-0.2, -0.15) is 4.98 Å². The maximum Gasteiger partial charge on any atom is 0.310 e. The summed E-state index contributed by atoms with van der Waals surface area (Å²) in [5, 5.41) is 15.8. The number of hydrogen-bond acceptors (Lipinski definition) is 7. The van der Waals surface area contributed by atoms with Crippen LogP contribution in [0.1, 0.15) is 28.8 Å². The van der Waals surface area contributed by atoms with E-state index in [9.17, 15) is 10.0 Å². The summed E-state index contributed by atoms with van der Waals surface area (Å²) in [6.07, 6.45) is 2.75. The van der Waals surface area contributed by atoms with Gasteiger partial charge in [-0.15, -0.1) is 11.3 Å². The smallest absolute Gasteiger partial charge is 0.310 e. The van der Waals surface area contributed by atoms with Crippen molar-refractivity contribution in [2.24, 2.45) is 0 Å². The largest absolute Gasteiger partial charge is 0.622 e. The normalized spacial score (nSPS) is 23.5. The fourth-order valence-electron chi connectivity index (χ4n) is 3.04. The number of carbonyl (C=O) groups excluding carboxylic acids is 1. The van der Waals surface area contributed by atoms with E-state index >= 15 is 0 Å². The van der Waals surface area contributed by atoms with E-state index in [1.807, 2.05) is 11.9 Å². The summed E-state index contributed by atoms with van der Waals surface area (Å²) in [5.74, 6) is -0.315. The highest BCUT2D eigenvalue weighted by molar-refractivity contribution is 9.11. The number of carbonyl (C=O) groups is 1. The zero-order valence-corrected chi connectivity index (χ0v) is 18.2. The van der Waals surface area contributed by atoms with E-state index in [0.717, 1.165) is 16.6 Å². The number of hydroxylamine groups is 2. The lowest BCUT2D eigenvalue weighted by Gasteiger charge is -2.38. The third-order valence-corrected chi connectivity index (χ3v) is 7.47. The van der Waals surface area contributed by atoms with Crippen LogP contribution in [0.3, 0.4) is 0 Å². The van der Waals surface area contributed by atoms with Crippen molar-refractivity contribution in [3.63, 3.8) is 0 Å². The van der Waals surface area contributed by atoms with Gasteiger partial charge in [0.2, 0.25) is 0 Å². The van der Waals surface area contributed by atoms with Crippen molar-refractivity contribution in [3.05, 3.63) is 36.6 Å². The third-order valence-electron chi connectivity index (χ3n) is 4.61. The van der Waals surface area contributed by atoms with Gasteiger partial charge in [0.25, 0.3) is 11.4 Å². The van der Waals surface area contributed by atoms with Crippen LogP contribution >= 0.6 is 38.6 Å². The number of rotatable bonds is 6. The average Bonchev–Trinajstić information content (AvgIpc) is 3.22. The fraction of sp³-hybridized carbons (Fsp3) is 0.529. The lowest BCUT2D eigenvalue weighted by atomic mass is 10.1. The predicted molar refractivity (Wildman–Crippen MR) is 109 cm³/mol. The Morgan fingerprint density at radius 2 is 2.31 bits per heavy atom. The number of hydrogen-bond donors (Lipinski definition) is 0. The molecular formula is C17H22BrN3O3S2. The van der Waals surface area contributed by atoms with Crippen LogP contribution in [0.15, 0.2) is 15.4 Å². The van der Waals surface area contributed by atoms with Crippen LogP contribution < -0.4 is 4.65 Å². The van der Waals surface area contributed by atoms with Gasteiger partial charge in [-0.25, -0.2) is 4.90 Å². The molecule has 0 saturated carbocycles. The van der Waals surface area contributed by atoms with Crippen LogP contribution in [-0.2, 0) is 16.0 Å². The van der Waals surface area contributed by atoms with Gasteiger partial charge in [0.05, 0.1) is 16.5 Å². The number of ether oxygens (including phenoxy) is 1. The minimum atomic E-state index is -0.767. The van der Waals surface area contributed by atoms with E-state index < -0.39 is 10.9 Å². The quantitative estimate of drug-likeness (QED) is 0.368. The van der Waals surface area contributed by atoms with Crippen molar-refractivity contribution in [1.82, 2.24) is 14.5 Å².